The Labute approximate surface area is 454 Å². The molecule has 0 aromatic rings. The van der Waals surface area contributed by atoms with E-state index in [1.807, 2.05) is 0 Å². The van der Waals surface area contributed by atoms with Gasteiger partial charge in [-0.05, 0) is 109 Å². The second kappa shape index (κ2) is 50.7. The summed E-state index contributed by atoms with van der Waals surface area (Å²) >= 11 is 0. The summed E-state index contributed by atoms with van der Waals surface area (Å²) < 4.78 is 28.4. The Bertz CT molecular complexity index is 1630. The molecule has 0 radical (unpaired) electrons. The Morgan fingerprint density at radius 2 is 0.853 bits per heavy atom. The van der Waals surface area contributed by atoms with E-state index in [0.29, 0.717) is 19.3 Å². The first-order valence-corrected chi connectivity index (χ1v) is 29.6. The summed E-state index contributed by atoms with van der Waals surface area (Å²) in [5.41, 5.74) is 0. The zero-order chi connectivity index (χ0) is 54.7. The maximum atomic E-state index is 13.1. The van der Waals surface area contributed by atoms with Crippen LogP contribution in [0, 0.1) is 0 Å². The lowest BCUT2D eigenvalue weighted by molar-refractivity contribution is -0.301. The largest absolute Gasteiger partial charge is 0.479 e. The maximum Gasteiger partial charge on any atom is 0.335 e. The molecule has 12 nitrogen and oxygen atoms in total. The minimum atomic E-state index is -1.91. The molecule has 6 atom stereocenters. The van der Waals surface area contributed by atoms with Crippen molar-refractivity contribution in [3.8, 4) is 0 Å². The van der Waals surface area contributed by atoms with Gasteiger partial charge in [-0.1, -0.05) is 196 Å². The fourth-order valence-corrected chi connectivity index (χ4v) is 8.37. The number of esters is 3. The molecule has 1 rings (SSSR count). The molecule has 0 bridgehead atoms. The second-order valence-corrected chi connectivity index (χ2v) is 19.9. The lowest BCUT2D eigenvalue weighted by atomic mass is 9.98. The van der Waals surface area contributed by atoms with Crippen LogP contribution in [-0.2, 0) is 42.9 Å². The van der Waals surface area contributed by atoms with E-state index in [1.54, 1.807) is 0 Å². The van der Waals surface area contributed by atoms with Crippen molar-refractivity contribution in [1.29, 1.82) is 0 Å². The highest BCUT2D eigenvalue weighted by Crippen LogP contribution is 2.26. The van der Waals surface area contributed by atoms with Crippen molar-refractivity contribution in [3.05, 3.63) is 85.1 Å². The number of aliphatic hydroxyl groups excluding tert-OH is 2. The predicted molar refractivity (Wildman–Crippen MR) is 303 cm³/mol. The number of hydrogen-bond acceptors (Lipinski definition) is 11. The van der Waals surface area contributed by atoms with Gasteiger partial charge in [0.2, 0.25) is 0 Å². The number of allylic oxidation sites excluding steroid dienone is 14. The fourth-order valence-electron chi connectivity index (χ4n) is 8.37. The molecule has 1 heterocycles. The van der Waals surface area contributed by atoms with Gasteiger partial charge in [-0.15, -0.1) is 0 Å². The molecule has 0 saturated carbocycles. The van der Waals surface area contributed by atoms with Crippen molar-refractivity contribution in [2.75, 3.05) is 13.2 Å². The van der Waals surface area contributed by atoms with Crippen molar-refractivity contribution in [2.45, 2.75) is 276 Å². The van der Waals surface area contributed by atoms with Crippen molar-refractivity contribution in [2.24, 2.45) is 0 Å². The molecule has 1 aliphatic rings. The van der Waals surface area contributed by atoms with Crippen LogP contribution >= 0.6 is 0 Å². The number of aliphatic hydroxyl groups is 2. The van der Waals surface area contributed by atoms with Crippen molar-refractivity contribution in [1.82, 2.24) is 0 Å². The highest BCUT2D eigenvalue weighted by atomic mass is 16.7. The van der Waals surface area contributed by atoms with E-state index in [1.165, 1.54) is 38.5 Å². The van der Waals surface area contributed by atoms with Gasteiger partial charge in [0, 0.05) is 19.3 Å². The minimum Gasteiger partial charge on any atom is -0.479 e. The molecule has 75 heavy (non-hydrogen) atoms. The first-order chi connectivity index (χ1) is 36.6. The van der Waals surface area contributed by atoms with Gasteiger partial charge < -0.3 is 39.0 Å². The average Bonchev–Trinajstić information content (AvgIpc) is 3.39. The van der Waals surface area contributed by atoms with Crippen LogP contribution in [0.15, 0.2) is 85.1 Å². The first kappa shape index (κ1) is 68.9. The number of carboxylic acid groups (broad SMARTS) is 1. The Kier molecular flexibility index (Phi) is 46.6. The molecular formula is C63H104O12. The maximum absolute atomic E-state index is 13.1. The van der Waals surface area contributed by atoms with Crippen molar-refractivity contribution < 1.29 is 58.2 Å². The topological polar surface area (TPSA) is 175 Å². The number of ether oxygens (including phenoxy) is 5. The van der Waals surface area contributed by atoms with Crippen LogP contribution in [0.2, 0.25) is 0 Å². The first-order valence-electron chi connectivity index (χ1n) is 29.6. The fraction of sp³-hybridized carbons (Fsp3) is 0.714. The number of carboxylic acids is 1. The zero-order valence-corrected chi connectivity index (χ0v) is 47.0. The lowest BCUT2D eigenvalue weighted by Crippen LogP contribution is -2.61. The van der Waals surface area contributed by atoms with Gasteiger partial charge in [-0.2, -0.15) is 0 Å². The summed E-state index contributed by atoms with van der Waals surface area (Å²) in [6, 6.07) is 0. The van der Waals surface area contributed by atoms with Gasteiger partial charge in [0.1, 0.15) is 18.8 Å². The average molecular weight is 1050 g/mol. The molecule has 3 N–H and O–H groups in total. The van der Waals surface area contributed by atoms with Gasteiger partial charge in [-0.25, -0.2) is 4.79 Å². The Morgan fingerprint density at radius 3 is 1.33 bits per heavy atom. The summed E-state index contributed by atoms with van der Waals surface area (Å²) in [5.74, 6) is -3.17. The van der Waals surface area contributed by atoms with Crippen LogP contribution in [0.4, 0.5) is 0 Å². The van der Waals surface area contributed by atoms with E-state index in [-0.39, 0.29) is 25.9 Å². The third-order valence-electron chi connectivity index (χ3n) is 12.9. The molecule has 0 amide bonds. The number of carbonyl (C=O) groups excluding carboxylic acids is 3. The summed E-state index contributed by atoms with van der Waals surface area (Å²) in [4.78, 5) is 51.1. The number of rotatable bonds is 49. The van der Waals surface area contributed by atoms with Gasteiger partial charge in [0.05, 0.1) is 6.61 Å². The standard InChI is InChI=1S/C63H104O12/c1-4-7-10-13-16-19-22-24-26-27-28-29-31-32-35-37-40-43-46-49-55(64)71-52-54(73-56(65)50-47-44-41-38-34-21-18-15-12-9-6-3)53-72-63-61(59(68)58(67)60(75-63)62(69)70)74-57(66)51-48-45-42-39-36-33-30-25-23-20-17-14-11-8-5-2/h8,11,15-20,24-26,28-30,54,58-61,63,67-68H,4-7,9-10,12-14,21-23,27,31-53H2,1-3H3,(H,69,70)/b11-8-,18-15-,19-16-,20-17-,26-24-,29-28-,30-25-. The van der Waals surface area contributed by atoms with E-state index in [4.69, 9.17) is 23.7 Å². The molecule has 1 saturated heterocycles. The third-order valence-corrected chi connectivity index (χ3v) is 12.9. The van der Waals surface area contributed by atoms with Crippen LogP contribution in [0.5, 0.6) is 0 Å². The van der Waals surface area contributed by atoms with E-state index in [9.17, 15) is 34.5 Å². The summed E-state index contributed by atoms with van der Waals surface area (Å²) in [5, 5.41) is 31.5. The van der Waals surface area contributed by atoms with Crippen molar-refractivity contribution in [3.63, 3.8) is 0 Å². The molecular weight excluding hydrogens is 949 g/mol. The highest BCUT2D eigenvalue weighted by Gasteiger charge is 2.50. The Hall–Kier alpha value is -4.10. The predicted octanol–water partition coefficient (Wildman–Crippen LogP) is 15.1. The van der Waals surface area contributed by atoms with Gasteiger partial charge in [0.15, 0.2) is 24.6 Å². The summed E-state index contributed by atoms with van der Waals surface area (Å²) in [7, 11) is 0. The monoisotopic (exact) mass is 1050 g/mol. The van der Waals surface area contributed by atoms with Crippen LogP contribution in [-0.4, -0.2) is 89.2 Å². The Balaban J connectivity index is 2.68. The number of hydrogen-bond donors (Lipinski definition) is 3. The van der Waals surface area contributed by atoms with Crippen LogP contribution < -0.4 is 0 Å². The second-order valence-electron chi connectivity index (χ2n) is 19.9. The van der Waals surface area contributed by atoms with E-state index >= 15 is 0 Å². The summed E-state index contributed by atoms with van der Waals surface area (Å²) in [6.07, 6.45) is 52.7. The smallest absolute Gasteiger partial charge is 0.335 e. The van der Waals surface area contributed by atoms with Crippen LogP contribution in [0.25, 0.3) is 0 Å². The van der Waals surface area contributed by atoms with E-state index in [2.05, 4.69) is 106 Å². The van der Waals surface area contributed by atoms with Crippen LogP contribution in [0.1, 0.15) is 239 Å². The number of carbonyl (C=O) groups is 4. The molecule has 12 heteroatoms. The molecule has 0 spiro atoms. The molecule has 1 aliphatic heterocycles. The van der Waals surface area contributed by atoms with Gasteiger partial charge in [-0.3, -0.25) is 14.4 Å². The SMILES string of the molecule is CC/C=C\C/C=C\C/C=C\CCCCCCCC(=O)OC1C(OCC(COC(=O)CCCCCCCC/C=C\C/C=C\C/C=C\CCCCC)OC(=O)CCCCCCC/C=C\CCCC)OC(C(=O)O)C(O)C1O. The van der Waals surface area contributed by atoms with Crippen molar-refractivity contribution >= 4 is 23.9 Å². The lowest BCUT2D eigenvalue weighted by Gasteiger charge is -2.40. The third kappa shape index (κ3) is 40.8. The minimum absolute atomic E-state index is 0.0359. The number of unbranched alkanes of at least 4 members (excludes halogenated alkanes) is 21. The molecule has 6 unspecified atom stereocenters. The highest BCUT2D eigenvalue weighted by molar-refractivity contribution is 5.74. The van der Waals surface area contributed by atoms with Gasteiger partial charge >= 0.3 is 23.9 Å². The quantitative estimate of drug-likeness (QED) is 0.0228. The summed E-state index contributed by atoms with van der Waals surface area (Å²) in [6.45, 7) is 5.78. The van der Waals surface area contributed by atoms with Gasteiger partial charge in [0.25, 0.3) is 0 Å². The van der Waals surface area contributed by atoms with Crippen LogP contribution in [0.3, 0.4) is 0 Å². The number of aliphatic carboxylic acids is 1. The molecule has 0 aliphatic carbocycles. The molecule has 428 valence electrons. The Morgan fingerprint density at radius 1 is 0.453 bits per heavy atom. The normalized spacial score (nSPS) is 18.8. The van der Waals surface area contributed by atoms with E-state index in [0.717, 1.165) is 141 Å². The molecule has 0 aromatic heterocycles. The molecule has 0 aromatic carbocycles. The van der Waals surface area contributed by atoms with E-state index < -0.39 is 67.3 Å². The molecule has 1 fully saturated rings. The zero-order valence-electron chi connectivity index (χ0n) is 47.0.